The molecule has 0 aliphatic carbocycles. The molecule has 1 atom stereocenters. The van der Waals surface area contributed by atoms with Gasteiger partial charge in [-0.15, -0.1) is 0 Å². The number of amides is 1. The summed E-state index contributed by atoms with van der Waals surface area (Å²) < 4.78 is 19.2. The van der Waals surface area contributed by atoms with Crippen molar-refractivity contribution in [2.45, 2.75) is 32.4 Å². The second-order valence-electron chi connectivity index (χ2n) is 5.08. The topological polar surface area (TPSA) is 75.6 Å². The molecule has 1 aromatic carbocycles. The van der Waals surface area contributed by atoms with Gasteiger partial charge < -0.3 is 15.2 Å². The molecule has 0 aliphatic heterocycles. The zero-order chi connectivity index (χ0) is 15.5. The number of hydrogen-bond acceptors (Lipinski definition) is 3. The first-order chi connectivity index (χ1) is 9.10. The molecular weight excluding hydrogens is 333 g/mol. The molecule has 20 heavy (non-hydrogen) atoms. The number of hydrogen-bond donors (Lipinski definition) is 2. The maximum Gasteiger partial charge on any atom is 0.408 e. The van der Waals surface area contributed by atoms with E-state index in [4.69, 9.17) is 9.84 Å². The number of nitrogens with one attached hydrogen (secondary N) is 1. The van der Waals surface area contributed by atoms with Gasteiger partial charge in [0.05, 0.1) is 0 Å². The summed E-state index contributed by atoms with van der Waals surface area (Å²) in [5, 5.41) is 11.3. The first-order valence-corrected chi connectivity index (χ1v) is 6.57. The predicted molar refractivity (Wildman–Crippen MR) is 73.8 cm³/mol. The number of aliphatic carboxylic acids is 1. The van der Waals surface area contributed by atoms with E-state index in [1.165, 1.54) is 12.1 Å². The van der Waals surface area contributed by atoms with Crippen molar-refractivity contribution >= 4 is 28.0 Å². The quantitative estimate of drug-likeness (QED) is 0.879. The molecule has 110 valence electrons. The lowest BCUT2D eigenvalue weighted by molar-refractivity contribution is -0.139. The number of halogens is 2. The van der Waals surface area contributed by atoms with Gasteiger partial charge in [-0.05, 0) is 32.9 Å². The molecule has 0 aromatic heterocycles. The Bertz CT molecular complexity index is 528. The van der Waals surface area contributed by atoms with E-state index in [0.717, 1.165) is 6.07 Å². The Morgan fingerprint density at radius 3 is 2.45 bits per heavy atom. The van der Waals surface area contributed by atoms with Crippen molar-refractivity contribution in [2.75, 3.05) is 0 Å². The largest absolute Gasteiger partial charge is 0.479 e. The summed E-state index contributed by atoms with van der Waals surface area (Å²) >= 11 is 3.07. The fourth-order valence-corrected chi connectivity index (χ4v) is 1.77. The lowest BCUT2D eigenvalue weighted by Gasteiger charge is -2.22. The standard InChI is InChI=1S/C13H15BrFNO4/c1-13(2,3)20-12(19)16-10(11(17)18)8-5-4-7(14)6-9(8)15/h4-6,10H,1-3H3,(H,16,19)(H,17,18)/t10-/m1/s1. The average molecular weight is 348 g/mol. The number of ether oxygens (including phenoxy) is 1. The first-order valence-electron chi connectivity index (χ1n) is 5.77. The third kappa shape index (κ3) is 4.80. The van der Waals surface area contributed by atoms with Crippen LogP contribution in [0, 0.1) is 5.82 Å². The van der Waals surface area contributed by atoms with E-state index in [-0.39, 0.29) is 5.56 Å². The highest BCUT2D eigenvalue weighted by Crippen LogP contribution is 2.22. The molecule has 5 nitrogen and oxygen atoms in total. The summed E-state index contributed by atoms with van der Waals surface area (Å²) in [6, 6.07) is 2.39. The summed E-state index contributed by atoms with van der Waals surface area (Å²) in [7, 11) is 0. The Morgan fingerprint density at radius 2 is 2.00 bits per heavy atom. The van der Waals surface area contributed by atoms with Gasteiger partial charge in [-0.1, -0.05) is 22.0 Å². The van der Waals surface area contributed by atoms with Crippen LogP contribution < -0.4 is 5.32 Å². The summed E-state index contributed by atoms with van der Waals surface area (Å²) in [5.41, 5.74) is -0.919. The monoisotopic (exact) mass is 347 g/mol. The predicted octanol–water partition coefficient (Wildman–Crippen LogP) is 3.24. The Labute approximate surface area is 124 Å². The Balaban J connectivity index is 2.96. The smallest absolute Gasteiger partial charge is 0.408 e. The second-order valence-corrected chi connectivity index (χ2v) is 6.00. The van der Waals surface area contributed by atoms with Gasteiger partial charge in [0.25, 0.3) is 0 Å². The Hall–Kier alpha value is -1.63. The van der Waals surface area contributed by atoms with Crippen LogP contribution in [0.15, 0.2) is 22.7 Å². The third-order valence-electron chi connectivity index (χ3n) is 2.18. The molecule has 0 aliphatic rings. The van der Waals surface area contributed by atoms with Crippen LogP contribution in [0.1, 0.15) is 32.4 Å². The molecule has 0 fully saturated rings. The van der Waals surface area contributed by atoms with Gasteiger partial charge in [0.2, 0.25) is 0 Å². The van der Waals surface area contributed by atoms with Crippen LogP contribution in [0.25, 0.3) is 0 Å². The highest BCUT2D eigenvalue weighted by molar-refractivity contribution is 9.10. The van der Waals surface area contributed by atoms with Gasteiger partial charge in [-0.3, -0.25) is 0 Å². The van der Waals surface area contributed by atoms with Crippen LogP contribution in [0.4, 0.5) is 9.18 Å². The molecule has 2 N–H and O–H groups in total. The van der Waals surface area contributed by atoms with Gasteiger partial charge in [0.15, 0.2) is 6.04 Å². The molecule has 0 saturated carbocycles. The summed E-state index contributed by atoms with van der Waals surface area (Å²) in [6.45, 7) is 4.92. The van der Waals surface area contributed by atoms with Gasteiger partial charge >= 0.3 is 12.1 Å². The number of carboxylic acid groups (broad SMARTS) is 1. The van der Waals surface area contributed by atoms with Crippen LogP contribution in [0.5, 0.6) is 0 Å². The molecule has 0 radical (unpaired) electrons. The highest BCUT2D eigenvalue weighted by Gasteiger charge is 2.27. The molecule has 1 aromatic rings. The zero-order valence-corrected chi connectivity index (χ0v) is 12.8. The van der Waals surface area contributed by atoms with Crippen molar-refractivity contribution in [3.05, 3.63) is 34.1 Å². The minimum atomic E-state index is -1.52. The molecule has 0 unspecified atom stereocenters. The molecule has 0 saturated heterocycles. The van der Waals surface area contributed by atoms with Crippen LogP contribution in [0.3, 0.4) is 0 Å². The highest BCUT2D eigenvalue weighted by atomic mass is 79.9. The molecule has 1 rings (SSSR count). The van der Waals surface area contributed by atoms with E-state index < -0.39 is 29.5 Å². The number of carbonyl (C=O) groups is 2. The van der Waals surface area contributed by atoms with Crippen molar-refractivity contribution in [3.8, 4) is 0 Å². The number of alkyl carbamates (subject to hydrolysis) is 1. The zero-order valence-electron chi connectivity index (χ0n) is 11.2. The van der Waals surface area contributed by atoms with E-state index in [1.807, 2.05) is 0 Å². The number of carbonyl (C=O) groups excluding carboxylic acids is 1. The second kappa shape index (κ2) is 6.21. The number of benzene rings is 1. The van der Waals surface area contributed by atoms with E-state index in [2.05, 4.69) is 21.2 Å². The minimum absolute atomic E-state index is 0.147. The van der Waals surface area contributed by atoms with Crippen LogP contribution in [-0.4, -0.2) is 22.8 Å². The molecule has 0 spiro atoms. The van der Waals surface area contributed by atoms with Crippen LogP contribution in [-0.2, 0) is 9.53 Å². The van der Waals surface area contributed by atoms with E-state index >= 15 is 0 Å². The van der Waals surface area contributed by atoms with Crippen molar-refractivity contribution < 1.29 is 23.8 Å². The summed E-state index contributed by atoms with van der Waals surface area (Å²) in [5.74, 6) is -2.11. The number of carboxylic acids is 1. The summed E-state index contributed by atoms with van der Waals surface area (Å²) in [6.07, 6.45) is -0.924. The van der Waals surface area contributed by atoms with Crippen molar-refractivity contribution in [3.63, 3.8) is 0 Å². The normalized spacial score (nSPS) is 12.7. The first kappa shape index (κ1) is 16.4. The van der Waals surface area contributed by atoms with Gasteiger partial charge in [0, 0.05) is 10.0 Å². The average Bonchev–Trinajstić information content (AvgIpc) is 2.23. The molecule has 0 bridgehead atoms. The fourth-order valence-electron chi connectivity index (χ4n) is 1.43. The van der Waals surface area contributed by atoms with Gasteiger partial charge in [-0.25, -0.2) is 14.0 Å². The van der Waals surface area contributed by atoms with Crippen LogP contribution in [0.2, 0.25) is 0 Å². The van der Waals surface area contributed by atoms with Gasteiger partial charge in [0.1, 0.15) is 11.4 Å². The molecular formula is C13H15BrFNO4. The molecule has 0 heterocycles. The van der Waals surface area contributed by atoms with E-state index in [9.17, 15) is 14.0 Å². The van der Waals surface area contributed by atoms with E-state index in [1.54, 1.807) is 20.8 Å². The van der Waals surface area contributed by atoms with E-state index in [0.29, 0.717) is 4.47 Å². The van der Waals surface area contributed by atoms with Crippen LogP contribution >= 0.6 is 15.9 Å². The third-order valence-corrected chi connectivity index (χ3v) is 2.67. The minimum Gasteiger partial charge on any atom is -0.479 e. The Morgan fingerprint density at radius 1 is 1.40 bits per heavy atom. The Kier molecular flexibility index (Phi) is 5.10. The van der Waals surface area contributed by atoms with Crippen molar-refractivity contribution in [1.29, 1.82) is 0 Å². The molecule has 7 heteroatoms. The van der Waals surface area contributed by atoms with Crippen molar-refractivity contribution in [1.82, 2.24) is 5.32 Å². The summed E-state index contributed by atoms with van der Waals surface area (Å²) in [4.78, 5) is 22.8. The maximum absolute atomic E-state index is 13.8. The van der Waals surface area contributed by atoms with Crippen molar-refractivity contribution in [2.24, 2.45) is 0 Å². The number of rotatable bonds is 3. The molecule has 1 amide bonds. The SMILES string of the molecule is CC(C)(C)OC(=O)N[C@@H](C(=O)O)c1ccc(Br)cc1F. The maximum atomic E-state index is 13.8. The lowest BCUT2D eigenvalue weighted by Crippen LogP contribution is -2.38. The fraction of sp³-hybridized carbons (Fsp3) is 0.385. The lowest BCUT2D eigenvalue weighted by atomic mass is 10.1. The van der Waals surface area contributed by atoms with Gasteiger partial charge in [-0.2, -0.15) is 0 Å².